The summed E-state index contributed by atoms with van der Waals surface area (Å²) in [4.78, 5) is 38.0. The summed E-state index contributed by atoms with van der Waals surface area (Å²) in [6, 6.07) is 7.27. The van der Waals surface area contributed by atoms with Crippen molar-refractivity contribution in [2.24, 2.45) is 11.8 Å². The van der Waals surface area contributed by atoms with Crippen LogP contribution in [0.3, 0.4) is 0 Å². The van der Waals surface area contributed by atoms with Crippen LogP contribution < -0.4 is 5.32 Å². The van der Waals surface area contributed by atoms with Crippen LogP contribution in [0, 0.1) is 11.8 Å². The lowest BCUT2D eigenvalue weighted by molar-refractivity contribution is -0.140. The molecule has 0 spiro atoms. The van der Waals surface area contributed by atoms with E-state index < -0.39 is 0 Å². The molecule has 1 saturated carbocycles. The van der Waals surface area contributed by atoms with Crippen molar-refractivity contribution in [1.82, 2.24) is 4.90 Å². The normalized spacial score (nSPS) is 23.8. The van der Waals surface area contributed by atoms with Gasteiger partial charge in [0, 0.05) is 23.1 Å². The first-order valence-electron chi connectivity index (χ1n) is 7.97. The second kappa shape index (κ2) is 6.83. The maximum Gasteiger partial charge on any atom is 0.233 e. The predicted octanol–water partition coefficient (Wildman–Crippen LogP) is 2.95. The van der Waals surface area contributed by atoms with E-state index in [0.29, 0.717) is 5.69 Å². The van der Waals surface area contributed by atoms with E-state index in [9.17, 15) is 14.4 Å². The van der Waals surface area contributed by atoms with Crippen LogP contribution in [0.15, 0.2) is 28.7 Å². The van der Waals surface area contributed by atoms with Crippen LogP contribution in [0.4, 0.5) is 5.69 Å². The van der Waals surface area contributed by atoms with Crippen molar-refractivity contribution >= 4 is 39.3 Å². The highest BCUT2D eigenvalue weighted by molar-refractivity contribution is 9.10. The number of nitrogens with zero attached hydrogens (tertiary/aromatic N) is 1. The number of amides is 3. The molecule has 3 amide bonds. The number of fused-ring (bicyclic) bond motifs is 1. The molecular weight excluding hydrogens is 360 g/mol. The van der Waals surface area contributed by atoms with E-state index >= 15 is 0 Å². The average molecular weight is 379 g/mol. The Morgan fingerprint density at radius 1 is 1.09 bits per heavy atom. The van der Waals surface area contributed by atoms with Crippen molar-refractivity contribution in [3.8, 4) is 0 Å². The first kappa shape index (κ1) is 16.2. The third kappa shape index (κ3) is 3.47. The Morgan fingerprint density at radius 3 is 2.22 bits per heavy atom. The van der Waals surface area contributed by atoms with Gasteiger partial charge in [-0.25, -0.2) is 0 Å². The first-order chi connectivity index (χ1) is 11.1. The highest BCUT2D eigenvalue weighted by atomic mass is 79.9. The number of carbonyl (C=O) groups is 3. The molecule has 0 radical (unpaired) electrons. The van der Waals surface area contributed by atoms with E-state index in [0.717, 1.165) is 30.2 Å². The number of nitrogens with one attached hydrogen (secondary N) is 1. The van der Waals surface area contributed by atoms with Crippen LogP contribution in [-0.2, 0) is 14.4 Å². The van der Waals surface area contributed by atoms with Crippen molar-refractivity contribution in [3.05, 3.63) is 28.7 Å². The van der Waals surface area contributed by atoms with Crippen molar-refractivity contribution < 1.29 is 14.4 Å². The van der Waals surface area contributed by atoms with Gasteiger partial charge in [0.15, 0.2) is 0 Å². The number of hydrogen-bond donors (Lipinski definition) is 1. The maximum atomic E-state index is 12.3. The van der Waals surface area contributed by atoms with E-state index in [1.807, 2.05) is 12.1 Å². The fraction of sp³-hybridized carbons (Fsp3) is 0.471. The van der Waals surface area contributed by atoms with Gasteiger partial charge < -0.3 is 5.32 Å². The zero-order valence-corrected chi connectivity index (χ0v) is 14.3. The Balaban J connectivity index is 1.55. The van der Waals surface area contributed by atoms with Crippen LogP contribution >= 0.6 is 15.9 Å². The molecule has 1 heterocycles. The summed E-state index contributed by atoms with van der Waals surface area (Å²) >= 11 is 3.34. The summed E-state index contributed by atoms with van der Waals surface area (Å²) in [5.74, 6) is -0.661. The third-order valence-corrected chi connectivity index (χ3v) is 5.15. The highest BCUT2D eigenvalue weighted by Gasteiger charge is 2.47. The van der Waals surface area contributed by atoms with E-state index in [4.69, 9.17) is 0 Å². The lowest BCUT2D eigenvalue weighted by Gasteiger charge is -2.19. The Labute approximate surface area is 143 Å². The molecule has 0 aromatic heterocycles. The van der Waals surface area contributed by atoms with Crippen LogP contribution in [0.5, 0.6) is 0 Å². The number of halogens is 1. The standard InChI is InChI=1S/C17H19BrN2O3/c18-11-5-7-12(8-6-11)19-15(21)9-10-20-16(22)13-3-1-2-4-14(13)17(20)23/h5-8,13-14H,1-4,9-10H2,(H,19,21)/t13-,14-/m0/s1. The Bertz CT molecular complexity index is 605. The average Bonchev–Trinajstić information content (AvgIpc) is 2.80. The lowest BCUT2D eigenvalue weighted by atomic mass is 9.81. The summed E-state index contributed by atoms with van der Waals surface area (Å²) in [5.41, 5.74) is 0.700. The largest absolute Gasteiger partial charge is 0.326 e. The number of benzene rings is 1. The molecular formula is C17H19BrN2O3. The summed E-state index contributed by atoms with van der Waals surface area (Å²) in [6.45, 7) is 0.174. The molecule has 23 heavy (non-hydrogen) atoms. The van der Waals surface area contributed by atoms with Gasteiger partial charge in [-0.05, 0) is 37.1 Å². The summed E-state index contributed by atoms with van der Waals surface area (Å²) < 4.78 is 0.936. The van der Waals surface area contributed by atoms with E-state index in [-0.39, 0.29) is 42.5 Å². The quantitative estimate of drug-likeness (QED) is 0.818. The van der Waals surface area contributed by atoms with Crippen LogP contribution in [0.1, 0.15) is 32.1 Å². The van der Waals surface area contributed by atoms with Crippen LogP contribution in [0.2, 0.25) is 0 Å². The van der Waals surface area contributed by atoms with Gasteiger partial charge in [-0.15, -0.1) is 0 Å². The second-order valence-corrected chi connectivity index (χ2v) is 7.05. The van der Waals surface area contributed by atoms with Gasteiger partial charge in [0.2, 0.25) is 17.7 Å². The summed E-state index contributed by atoms with van der Waals surface area (Å²) in [5, 5.41) is 2.78. The molecule has 1 N–H and O–H groups in total. The number of carbonyl (C=O) groups excluding carboxylic acids is 3. The molecule has 2 atom stereocenters. The number of anilines is 1. The van der Waals surface area contributed by atoms with Crippen molar-refractivity contribution in [1.29, 1.82) is 0 Å². The van der Waals surface area contributed by atoms with Crippen LogP contribution in [0.25, 0.3) is 0 Å². The van der Waals surface area contributed by atoms with Crippen LogP contribution in [-0.4, -0.2) is 29.2 Å². The molecule has 2 aliphatic rings. The van der Waals surface area contributed by atoms with Gasteiger partial charge in [0.1, 0.15) is 0 Å². The molecule has 122 valence electrons. The first-order valence-corrected chi connectivity index (χ1v) is 8.76. The molecule has 1 aromatic rings. The lowest BCUT2D eigenvalue weighted by Crippen LogP contribution is -2.34. The summed E-state index contributed by atoms with van der Waals surface area (Å²) in [7, 11) is 0. The minimum Gasteiger partial charge on any atom is -0.326 e. The van der Waals surface area contributed by atoms with E-state index in [1.54, 1.807) is 12.1 Å². The number of hydrogen-bond acceptors (Lipinski definition) is 3. The number of imide groups is 1. The minimum absolute atomic E-state index is 0.0869. The fourth-order valence-electron chi connectivity index (χ4n) is 3.42. The zero-order valence-electron chi connectivity index (χ0n) is 12.8. The predicted molar refractivity (Wildman–Crippen MR) is 89.6 cm³/mol. The van der Waals surface area contributed by atoms with Crippen molar-refractivity contribution in [2.75, 3.05) is 11.9 Å². The molecule has 1 saturated heterocycles. The molecule has 0 unspecified atom stereocenters. The van der Waals surface area contributed by atoms with E-state index in [2.05, 4.69) is 21.2 Å². The van der Waals surface area contributed by atoms with Gasteiger partial charge in [0.05, 0.1) is 11.8 Å². The van der Waals surface area contributed by atoms with Crippen molar-refractivity contribution in [3.63, 3.8) is 0 Å². The van der Waals surface area contributed by atoms with Crippen molar-refractivity contribution in [2.45, 2.75) is 32.1 Å². The molecule has 3 rings (SSSR count). The SMILES string of the molecule is O=C(CCN1C(=O)[C@H]2CCCC[C@@H]2C1=O)Nc1ccc(Br)cc1. The topological polar surface area (TPSA) is 66.5 Å². The monoisotopic (exact) mass is 378 g/mol. The third-order valence-electron chi connectivity index (χ3n) is 4.62. The fourth-order valence-corrected chi connectivity index (χ4v) is 3.69. The van der Waals surface area contributed by atoms with Gasteiger partial charge >= 0.3 is 0 Å². The Morgan fingerprint density at radius 2 is 1.65 bits per heavy atom. The van der Waals surface area contributed by atoms with Gasteiger partial charge in [-0.2, -0.15) is 0 Å². The van der Waals surface area contributed by atoms with Gasteiger partial charge in [-0.1, -0.05) is 28.8 Å². The molecule has 1 aliphatic heterocycles. The highest BCUT2D eigenvalue weighted by Crippen LogP contribution is 2.37. The number of likely N-dealkylation sites (tertiary alicyclic amines) is 1. The second-order valence-electron chi connectivity index (χ2n) is 6.13. The molecule has 0 bridgehead atoms. The smallest absolute Gasteiger partial charge is 0.233 e. The molecule has 6 heteroatoms. The number of rotatable bonds is 4. The summed E-state index contributed by atoms with van der Waals surface area (Å²) in [6.07, 6.45) is 3.76. The minimum atomic E-state index is -0.192. The zero-order chi connectivity index (χ0) is 16.4. The van der Waals surface area contributed by atoms with Gasteiger partial charge in [-0.3, -0.25) is 19.3 Å². The molecule has 1 aromatic carbocycles. The molecule has 5 nitrogen and oxygen atoms in total. The maximum absolute atomic E-state index is 12.3. The van der Waals surface area contributed by atoms with Gasteiger partial charge in [0.25, 0.3) is 0 Å². The Hall–Kier alpha value is -1.69. The molecule has 2 fully saturated rings. The Kier molecular flexibility index (Phi) is 4.80. The van der Waals surface area contributed by atoms with E-state index in [1.165, 1.54) is 4.90 Å². The molecule has 1 aliphatic carbocycles.